The largest absolute Gasteiger partial charge is 0.350 e. The Balaban J connectivity index is 1.41. The number of carbonyl (C=O) groups is 2. The van der Waals surface area contributed by atoms with Crippen molar-refractivity contribution in [2.75, 3.05) is 39.3 Å². The maximum atomic E-state index is 13.3. The summed E-state index contributed by atoms with van der Waals surface area (Å²) >= 11 is 1.42. The molecule has 1 aliphatic rings. The molecule has 2 heterocycles. The van der Waals surface area contributed by atoms with Crippen LogP contribution in [0.15, 0.2) is 41.8 Å². The molecule has 2 amide bonds. The fraction of sp³-hybridized carbons (Fsp3) is 0.333. The number of amides is 2. The Morgan fingerprint density at radius 2 is 1.92 bits per heavy atom. The lowest BCUT2D eigenvalue weighted by molar-refractivity contribution is 0.0637. The first kappa shape index (κ1) is 17.6. The van der Waals surface area contributed by atoms with E-state index in [0.29, 0.717) is 30.1 Å². The quantitative estimate of drug-likeness (QED) is 0.887. The zero-order valence-corrected chi connectivity index (χ0v) is 14.6. The Labute approximate surface area is 150 Å². The highest BCUT2D eigenvalue weighted by Crippen LogP contribution is 2.11. The zero-order chi connectivity index (χ0) is 17.6. The van der Waals surface area contributed by atoms with Crippen molar-refractivity contribution >= 4 is 23.2 Å². The van der Waals surface area contributed by atoms with Gasteiger partial charge in [0.2, 0.25) is 0 Å². The molecule has 0 bridgehead atoms. The lowest BCUT2D eigenvalue weighted by Crippen LogP contribution is -2.50. The molecular weight excluding hydrogens is 341 g/mol. The molecule has 2 aromatic rings. The fourth-order valence-electron chi connectivity index (χ4n) is 2.80. The van der Waals surface area contributed by atoms with E-state index in [9.17, 15) is 14.0 Å². The summed E-state index contributed by atoms with van der Waals surface area (Å²) < 4.78 is 13.3. The van der Waals surface area contributed by atoms with Crippen LogP contribution in [0, 0.1) is 5.82 Å². The average Bonchev–Trinajstić information content (AvgIpc) is 3.16. The van der Waals surface area contributed by atoms with E-state index in [1.54, 1.807) is 23.1 Å². The Bertz CT molecular complexity index is 728. The molecule has 1 saturated heterocycles. The van der Waals surface area contributed by atoms with Gasteiger partial charge in [-0.05, 0) is 29.6 Å². The first-order valence-corrected chi connectivity index (χ1v) is 9.10. The van der Waals surface area contributed by atoms with Crippen molar-refractivity contribution in [1.29, 1.82) is 0 Å². The van der Waals surface area contributed by atoms with E-state index in [0.717, 1.165) is 19.6 Å². The van der Waals surface area contributed by atoms with E-state index in [2.05, 4.69) is 10.2 Å². The summed E-state index contributed by atoms with van der Waals surface area (Å²) in [5.74, 6) is -0.578. The lowest BCUT2D eigenvalue weighted by Gasteiger charge is -2.34. The fourth-order valence-corrected chi connectivity index (χ4v) is 3.44. The molecule has 3 rings (SSSR count). The predicted molar refractivity (Wildman–Crippen MR) is 95.4 cm³/mol. The van der Waals surface area contributed by atoms with Crippen LogP contribution in [0.2, 0.25) is 0 Å². The molecule has 1 aromatic heterocycles. The van der Waals surface area contributed by atoms with Gasteiger partial charge >= 0.3 is 0 Å². The van der Waals surface area contributed by atoms with Crippen molar-refractivity contribution < 1.29 is 14.0 Å². The Morgan fingerprint density at radius 3 is 2.60 bits per heavy atom. The van der Waals surface area contributed by atoms with Crippen LogP contribution in [-0.4, -0.2) is 60.9 Å². The second kappa shape index (κ2) is 8.22. The van der Waals surface area contributed by atoms with Gasteiger partial charge < -0.3 is 10.2 Å². The van der Waals surface area contributed by atoms with E-state index in [1.165, 1.54) is 23.5 Å². The van der Waals surface area contributed by atoms with E-state index >= 15 is 0 Å². The van der Waals surface area contributed by atoms with Crippen molar-refractivity contribution in [3.63, 3.8) is 0 Å². The van der Waals surface area contributed by atoms with Crippen LogP contribution in [-0.2, 0) is 0 Å². The van der Waals surface area contributed by atoms with Gasteiger partial charge in [0.15, 0.2) is 0 Å². The van der Waals surface area contributed by atoms with E-state index in [4.69, 9.17) is 0 Å². The summed E-state index contributed by atoms with van der Waals surface area (Å²) in [7, 11) is 0. The molecule has 0 radical (unpaired) electrons. The van der Waals surface area contributed by atoms with Gasteiger partial charge in [-0.15, -0.1) is 11.3 Å². The Hall–Kier alpha value is -2.25. The Morgan fingerprint density at radius 1 is 1.12 bits per heavy atom. The normalized spacial score (nSPS) is 15.2. The summed E-state index contributed by atoms with van der Waals surface area (Å²) in [6.45, 7) is 4.03. The van der Waals surface area contributed by atoms with Crippen molar-refractivity contribution in [1.82, 2.24) is 15.1 Å². The first-order chi connectivity index (χ1) is 12.1. The van der Waals surface area contributed by atoms with Crippen molar-refractivity contribution in [3.05, 3.63) is 58.0 Å². The van der Waals surface area contributed by atoms with Crippen LogP contribution in [0.3, 0.4) is 0 Å². The standard InChI is InChI=1S/C18H20FN3O2S/c19-15-4-1-3-14(13-15)18(24)22-10-8-21(9-11-22)7-6-20-17(23)16-5-2-12-25-16/h1-5,12-13H,6-11H2,(H,20,23). The second-order valence-electron chi connectivity index (χ2n) is 5.88. The molecule has 5 nitrogen and oxygen atoms in total. The minimum absolute atomic E-state index is 0.0464. The molecule has 0 spiro atoms. The molecule has 7 heteroatoms. The molecule has 25 heavy (non-hydrogen) atoms. The highest BCUT2D eigenvalue weighted by atomic mass is 32.1. The van der Waals surface area contributed by atoms with Crippen LogP contribution in [0.4, 0.5) is 4.39 Å². The van der Waals surface area contributed by atoms with Crippen molar-refractivity contribution in [3.8, 4) is 0 Å². The van der Waals surface area contributed by atoms with Gasteiger partial charge in [-0.25, -0.2) is 4.39 Å². The molecule has 1 N–H and O–H groups in total. The number of hydrogen-bond acceptors (Lipinski definition) is 4. The molecule has 132 valence electrons. The minimum Gasteiger partial charge on any atom is -0.350 e. The number of benzene rings is 1. The third kappa shape index (κ3) is 4.64. The van der Waals surface area contributed by atoms with E-state index in [1.807, 2.05) is 11.4 Å². The van der Waals surface area contributed by atoms with Crippen LogP contribution >= 0.6 is 11.3 Å². The molecule has 1 fully saturated rings. The highest BCUT2D eigenvalue weighted by Gasteiger charge is 2.22. The number of nitrogens with zero attached hydrogens (tertiary/aromatic N) is 2. The molecular formula is C18H20FN3O2S. The maximum absolute atomic E-state index is 13.3. The topological polar surface area (TPSA) is 52.7 Å². The van der Waals surface area contributed by atoms with Gasteiger partial charge in [-0.1, -0.05) is 12.1 Å². The van der Waals surface area contributed by atoms with Crippen LogP contribution < -0.4 is 5.32 Å². The number of carbonyl (C=O) groups excluding carboxylic acids is 2. The van der Waals surface area contributed by atoms with Crippen LogP contribution in [0.25, 0.3) is 0 Å². The monoisotopic (exact) mass is 361 g/mol. The lowest BCUT2D eigenvalue weighted by atomic mass is 10.1. The van der Waals surface area contributed by atoms with Gasteiger partial charge in [0.1, 0.15) is 5.82 Å². The Kier molecular flexibility index (Phi) is 5.78. The van der Waals surface area contributed by atoms with Gasteiger partial charge in [-0.2, -0.15) is 0 Å². The summed E-state index contributed by atoms with van der Waals surface area (Å²) in [4.78, 5) is 28.9. The summed E-state index contributed by atoms with van der Waals surface area (Å²) in [6.07, 6.45) is 0. The number of hydrogen-bond donors (Lipinski definition) is 1. The minimum atomic E-state index is -0.397. The summed E-state index contributed by atoms with van der Waals surface area (Å²) in [5, 5.41) is 4.78. The first-order valence-electron chi connectivity index (χ1n) is 8.22. The average molecular weight is 361 g/mol. The molecule has 0 saturated carbocycles. The van der Waals surface area contributed by atoms with Gasteiger partial charge in [0.05, 0.1) is 4.88 Å². The highest BCUT2D eigenvalue weighted by molar-refractivity contribution is 7.12. The number of rotatable bonds is 5. The van der Waals surface area contributed by atoms with E-state index < -0.39 is 5.82 Å². The molecule has 0 unspecified atom stereocenters. The predicted octanol–water partition coefficient (Wildman–Crippen LogP) is 2.08. The number of piperazine rings is 1. The van der Waals surface area contributed by atoms with Crippen LogP contribution in [0.1, 0.15) is 20.0 Å². The number of halogens is 1. The molecule has 0 atom stereocenters. The van der Waals surface area contributed by atoms with Gasteiger partial charge in [-0.3, -0.25) is 14.5 Å². The number of thiophene rings is 1. The SMILES string of the molecule is O=C(NCCN1CCN(C(=O)c2cccc(F)c2)CC1)c1cccs1. The third-order valence-corrected chi connectivity index (χ3v) is 5.06. The molecule has 1 aliphatic heterocycles. The zero-order valence-electron chi connectivity index (χ0n) is 13.8. The summed E-state index contributed by atoms with van der Waals surface area (Å²) in [5.41, 5.74) is 0.386. The van der Waals surface area contributed by atoms with Gasteiger partial charge in [0, 0.05) is 44.8 Å². The maximum Gasteiger partial charge on any atom is 0.261 e. The summed E-state index contributed by atoms with van der Waals surface area (Å²) in [6, 6.07) is 9.45. The smallest absolute Gasteiger partial charge is 0.261 e. The third-order valence-electron chi connectivity index (χ3n) is 4.19. The van der Waals surface area contributed by atoms with Crippen LogP contribution in [0.5, 0.6) is 0 Å². The second-order valence-corrected chi connectivity index (χ2v) is 6.83. The molecule has 0 aliphatic carbocycles. The van der Waals surface area contributed by atoms with Crippen molar-refractivity contribution in [2.45, 2.75) is 0 Å². The van der Waals surface area contributed by atoms with Crippen molar-refractivity contribution in [2.24, 2.45) is 0 Å². The number of nitrogens with one attached hydrogen (secondary N) is 1. The van der Waals surface area contributed by atoms with E-state index in [-0.39, 0.29) is 11.8 Å². The van der Waals surface area contributed by atoms with Gasteiger partial charge in [0.25, 0.3) is 11.8 Å². The molecule has 1 aromatic carbocycles.